The van der Waals surface area contributed by atoms with E-state index in [4.69, 9.17) is 0 Å². The molecule has 146 valence electrons. The second kappa shape index (κ2) is 7.15. The Kier molecular flexibility index (Phi) is 4.44. The smallest absolute Gasteiger partial charge is 0.00176 e. The molecule has 0 aliphatic heterocycles. The molecule has 0 saturated carbocycles. The lowest BCUT2D eigenvalue weighted by Gasteiger charge is -2.25. The van der Waals surface area contributed by atoms with Gasteiger partial charge in [-0.05, 0) is 60.8 Å². The predicted molar refractivity (Wildman–Crippen MR) is 131 cm³/mol. The molecule has 5 aromatic carbocycles. The summed E-state index contributed by atoms with van der Waals surface area (Å²) in [5, 5.41) is 5.34. The van der Waals surface area contributed by atoms with E-state index in [2.05, 4.69) is 124 Å². The Morgan fingerprint density at radius 2 is 1.03 bits per heavy atom. The summed E-state index contributed by atoms with van der Waals surface area (Å²) in [6.07, 6.45) is 0. The summed E-state index contributed by atoms with van der Waals surface area (Å²) in [7, 11) is 0. The highest BCUT2D eigenvalue weighted by molar-refractivity contribution is 6.20. The van der Waals surface area contributed by atoms with E-state index in [0.717, 1.165) is 0 Å². The molecule has 5 aromatic rings. The molecule has 0 spiro atoms. The van der Waals surface area contributed by atoms with Crippen LogP contribution in [0.4, 0.5) is 0 Å². The van der Waals surface area contributed by atoms with Crippen molar-refractivity contribution in [1.29, 1.82) is 0 Å². The van der Waals surface area contributed by atoms with E-state index in [0.29, 0.717) is 0 Å². The van der Waals surface area contributed by atoms with Crippen molar-refractivity contribution in [3.05, 3.63) is 109 Å². The average molecular weight is 387 g/mol. The molecular weight excluding hydrogens is 360 g/mol. The van der Waals surface area contributed by atoms with Gasteiger partial charge >= 0.3 is 0 Å². The normalized spacial score (nSPS) is 11.8. The van der Waals surface area contributed by atoms with E-state index in [1.54, 1.807) is 0 Å². The minimum absolute atomic E-state index is 0.0600. The standard InChI is InChI=1S/C30H26/c1-30(2,3)27-20-23-16-10-17-24(21-12-6-4-7-13-21)28(23)29-25(18-11-19-26(27)29)22-14-8-5-9-15-22/h4-20H,1-3H3. The van der Waals surface area contributed by atoms with Gasteiger partial charge in [-0.25, -0.2) is 0 Å². The van der Waals surface area contributed by atoms with Gasteiger partial charge in [0.2, 0.25) is 0 Å². The Balaban J connectivity index is 2.02. The maximum absolute atomic E-state index is 2.40. The van der Waals surface area contributed by atoms with Gasteiger partial charge in [-0.2, -0.15) is 0 Å². The molecule has 0 aliphatic rings. The van der Waals surface area contributed by atoms with Crippen molar-refractivity contribution in [3.63, 3.8) is 0 Å². The zero-order chi connectivity index (χ0) is 20.7. The molecule has 0 amide bonds. The van der Waals surface area contributed by atoms with Crippen molar-refractivity contribution in [1.82, 2.24) is 0 Å². The van der Waals surface area contributed by atoms with E-state index in [1.165, 1.54) is 49.4 Å². The van der Waals surface area contributed by atoms with Crippen molar-refractivity contribution >= 4 is 21.5 Å². The molecule has 0 nitrogen and oxygen atoms in total. The summed E-state index contributed by atoms with van der Waals surface area (Å²) in [5.74, 6) is 0. The van der Waals surface area contributed by atoms with Crippen LogP contribution in [0.25, 0.3) is 43.8 Å². The van der Waals surface area contributed by atoms with Gasteiger partial charge < -0.3 is 0 Å². The Morgan fingerprint density at radius 1 is 0.500 bits per heavy atom. The molecule has 0 saturated heterocycles. The van der Waals surface area contributed by atoms with Gasteiger partial charge in [0.25, 0.3) is 0 Å². The van der Waals surface area contributed by atoms with E-state index < -0.39 is 0 Å². The van der Waals surface area contributed by atoms with Crippen LogP contribution in [0.5, 0.6) is 0 Å². The molecule has 0 heterocycles. The summed E-state index contributed by atoms with van der Waals surface area (Å²) in [5.41, 5.74) is 6.57. The molecule has 0 unspecified atom stereocenters. The number of hydrogen-bond acceptors (Lipinski definition) is 0. The molecule has 0 N–H and O–H groups in total. The lowest BCUT2D eigenvalue weighted by atomic mass is 9.79. The maximum atomic E-state index is 2.40. The summed E-state index contributed by atoms with van der Waals surface area (Å²) < 4.78 is 0. The molecule has 0 bridgehead atoms. The third-order valence-electron chi connectivity index (χ3n) is 5.98. The van der Waals surface area contributed by atoms with E-state index in [1.807, 2.05) is 0 Å². The molecule has 0 atom stereocenters. The highest BCUT2D eigenvalue weighted by atomic mass is 14.2. The molecule has 0 radical (unpaired) electrons. The Hall–Kier alpha value is -3.38. The maximum Gasteiger partial charge on any atom is -0.00176 e. The van der Waals surface area contributed by atoms with Crippen LogP contribution in [0, 0.1) is 0 Å². The summed E-state index contributed by atoms with van der Waals surface area (Å²) in [6.45, 7) is 6.93. The van der Waals surface area contributed by atoms with Crippen LogP contribution in [0.1, 0.15) is 26.3 Å². The fourth-order valence-electron chi connectivity index (χ4n) is 4.59. The van der Waals surface area contributed by atoms with Crippen molar-refractivity contribution < 1.29 is 0 Å². The number of benzene rings is 5. The van der Waals surface area contributed by atoms with Crippen molar-refractivity contribution in [2.45, 2.75) is 26.2 Å². The minimum Gasteiger partial charge on any atom is -0.0622 e. The molecule has 0 aliphatic carbocycles. The topological polar surface area (TPSA) is 0 Å². The van der Waals surface area contributed by atoms with E-state index in [-0.39, 0.29) is 5.41 Å². The second-order valence-electron chi connectivity index (χ2n) is 9.04. The first-order chi connectivity index (χ1) is 14.5. The van der Waals surface area contributed by atoms with Crippen LogP contribution in [-0.2, 0) is 5.41 Å². The first-order valence-electron chi connectivity index (χ1n) is 10.6. The molecule has 30 heavy (non-hydrogen) atoms. The quantitative estimate of drug-likeness (QED) is 0.266. The highest BCUT2D eigenvalue weighted by Crippen LogP contribution is 2.43. The Labute approximate surface area is 178 Å². The third-order valence-corrected chi connectivity index (χ3v) is 5.98. The zero-order valence-electron chi connectivity index (χ0n) is 17.8. The van der Waals surface area contributed by atoms with Gasteiger partial charge in [-0.15, -0.1) is 0 Å². The predicted octanol–water partition coefficient (Wildman–Crippen LogP) is 8.62. The van der Waals surface area contributed by atoms with Gasteiger partial charge in [0.1, 0.15) is 0 Å². The van der Waals surface area contributed by atoms with Gasteiger partial charge in [0.05, 0.1) is 0 Å². The first kappa shape index (κ1) is 18.6. The van der Waals surface area contributed by atoms with Crippen LogP contribution in [-0.4, -0.2) is 0 Å². The fraction of sp³-hybridized carbons (Fsp3) is 0.133. The molecule has 0 heteroatoms. The molecule has 5 rings (SSSR count). The summed E-state index contributed by atoms with van der Waals surface area (Å²) in [6, 6.07) is 37.4. The van der Waals surface area contributed by atoms with Crippen LogP contribution in [0.3, 0.4) is 0 Å². The Bertz CT molecular complexity index is 1340. The van der Waals surface area contributed by atoms with Crippen LogP contribution < -0.4 is 0 Å². The highest BCUT2D eigenvalue weighted by Gasteiger charge is 2.21. The number of fused-ring (bicyclic) bond motifs is 3. The van der Waals surface area contributed by atoms with Crippen molar-refractivity contribution in [2.75, 3.05) is 0 Å². The third kappa shape index (κ3) is 3.09. The van der Waals surface area contributed by atoms with Gasteiger partial charge in [0, 0.05) is 0 Å². The lowest BCUT2D eigenvalue weighted by molar-refractivity contribution is 0.596. The summed E-state index contributed by atoms with van der Waals surface area (Å²) >= 11 is 0. The van der Waals surface area contributed by atoms with Gasteiger partial charge in [0.15, 0.2) is 0 Å². The van der Waals surface area contributed by atoms with Crippen LogP contribution in [0.2, 0.25) is 0 Å². The van der Waals surface area contributed by atoms with Crippen LogP contribution >= 0.6 is 0 Å². The first-order valence-corrected chi connectivity index (χ1v) is 10.6. The average Bonchev–Trinajstić information content (AvgIpc) is 2.78. The molecular formula is C30H26. The monoisotopic (exact) mass is 386 g/mol. The lowest BCUT2D eigenvalue weighted by Crippen LogP contribution is -2.12. The van der Waals surface area contributed by atoms with Crippen LogP contribution in [0.15, 0.2) is 103 Å². The largest absolute Gasteiger partial charge is 0.0622 e. The van der Waals surface area contributed by atoms with Gasteiger partial charge in [-0.3, -0.25) is 0 Å². The van der Waals surface area contributed by atoms with E-state index >= 15 is 0 Å². The second-order valence-corrected chi connectivity index (χ2v) is 9.04. The van der Waals surface area contributed by atoms with Crippen molar-refractivity contribution in [2.24, 2.45) is 0 Å². The van der Waals surface area contributed by atoms with E-state index in [9.17, 15) is 0 Å². The zero-order valence-corrected chi connectivity index (χ0v) is 17.8. The fourth-order valence-corrected chi connectivity index (χ4v) is 4.59. The van der Waals surface area contributed by atoms with Gasteiger partial charge in [-0.1, -0.05) is 118 Å². The molecule has 0 aromatic heterocycles. The molecule has 0 fully saturated rings. The SMILES string of the molecule is CC(C)(C)c1cc2cccc(-c3ccccc3)c2c2c(-c3ccccc3)cccc12. The number of hydrogen-bond donors (Lipinski definition) is 0. The summed E-state index contributed by atoms with van der Waals surface area (Å²) in [4.78, 5) is 0. The number of rotatable bonds is 2. The van der Waals surface area contributed by atoms with Crippen molar-refractivity contribution in [3.8, 4) is 22.3 Å². The Morgan fingerprint density at radius 3 is 1.60 bits per heavy atom. The minimum atomic E-state index is 0.0600.